The molecular weight excluding hydrogens is 463 g/mol. The standard InChI is InChI=1S/C21H15ClF3N5OS/c1-12-2-5-14(6-3-12)30-19-15(9-28-30)20(27-11-26-19)32-10-18(31)29-17-8-13(21(23,24)25)4-7-16(17)22/h2-9,11H,10H2,1H3,(H,29,31). The number of aromatic nitrogens is 4. The summed E-state index contributed by atoms with van der Waals surface area (Å²) < 4.78 is 40.4. The molecule has 32 heavy (non-hydrogen) atoms. The van der Waals surface area contributed by atoms with Crippen LogP contribution in [0.5, 0.6) is 0 Å². The van der Waals surface area contributed by atoms with E-state index in [4.69, 9.17) is 11.6 Å². The van der Waals surface area contributed by atoms with E-state index in [1.54, 1.807) is 10.9 Å². The molecule has 2 aromatic carbocycles. The predicted molar refractivity (Wildman–Crippen MR) is 117 cm³/mol. The number of hydrogen-bond donors (Lipinski definition) is 1. The molecule has 6 nitrogen and oxygen atoms in total. The molecule has 0 saturated carbocycles. The quantitative estimate of drug-likeness (QED) is 0.302. The fourth-order valence-electron chi connectivity index (χ4n) is 2.93. The number of alkyl halides is 3. The van der Waals surface area contributed by atoms with E-state index in [1.807, 2.05) is 31.2 Å². The highest BCUT2D eigenvalue weighted by atomic mass is 35.5. The fourth-order valence-corrected chi connectivity index (χ4v) is 3.86. The van der Waals surface area contributed by atoms with Crippen molar-refractivity contribution in [1.29, 1.82) is 0 Å². The van der Waals surface area contributed by atoms with Crippen molar-refractivity contribution in [2.24, 2.45) is 0 Å². The molecular formula is C21H15ClF3N5OS. The number of amides is 1. The number of fused-ring (bicyclic) bond motifs is 1. The molecule has 164 valence electrons. The third kappa shape index (κ3) is 4.71. The van der Waals surface area contributed by atoms with Crippen LogP contribution in [0.15, 0.2) is 60.0 Å². The molecule has 0 saturated heterocycles. The van der Waals surface area contributed by atoms with Gasteiger partial charge in [-0.15, -0.1) is 0 Å². The normalized spacial score (nSPS) is 11.7. The molecule has 0 aliphatic carbocycles. The van der Waals surface area contributed by atoms with Crippen molar-refractivity contribution < 1.29 is 18.0 Å². The summed E-state index contributed by atoms with van der Waals surface area (Å²) in [7, 11) is 0. The summed E-state index contributed by atoms with van der Waals surface area (Å²) in [5, 5.41) is 7.99. The van der Waals surface area contributed by atoms with Crippen LogP contribution in [0.25, 0.3) is 16.7 Å². The van der Waals surface area contributed by atoms with Crippen molar-refractivity contribution in [3.8, 4) is 5.69 Å². The van der Waals surface area contributed by atoms with Crippen molar-refractivity contribution in [2.75, 3.05) is 11.1 Å². The summed E-state index contributed by atoms with van der Waals surface area (Å²) in [6.07, 6.45) is -1.55. The molecule has 0 unspecified atom stereocenters. The Kier molecular flexibility index (Phi) is 6.07. The molecule has 0 atom stereocenters. The first-order valence-corrected chi connectivity index (χ1v) is 10.6. The molecule has 0 fully saturated rings. The highest BCUT2D eigenvalue weighted by Crippen LogP contribution is 2.34. The van der Waals surface area contributed by atoms with Gasteiger partial charge in [0.25, 0.3) is 0 Å². The van der Waals surface area contributed by atoms with E-state index >= 15 is 0 Å². The summed E-state index contributed by atoms with van der Waals surface area (Å²) in [6.45, 7) is 1.99. The second-order valence-corrected chi connectivity index (χ2v) is 8.21. The van der Waals surface area contributed by atoms with E-state index in [-0.39, 0.29) is 16.5 Å². The van der Waals surface area contributed by atoms with Gasteiger partial charge in [-0.25, -0.2) is 14.6 Å². The summed E-state index contributed by atoms with van der Waals surface area (Å²) in [6, 6.07) is 10.5. The van der Waals surface area contributed by atoms with Crippen LogP contribution in [0, 0.1) is 6.92 Å². The van der Waals surface area contributed by atoms with Crippen LogP contribution in [0.2, 0.25) is 5.02 Å². The summed E-state index contributed by atoms with van der Waals surface area (Å²) in [4.78, 5) is 20.9. The van der Waals surface area contributed by atoms with Gasteiger partial charge < -0.3 is 5.32 Å². The lowest BCUT2D eigenvalue weighted by molar-refractivity contribution is -0.137. The van der Waals surface area contributed by atoms with Gasteiger partial charge in [0.1, 0.15) is 11.4 Å². The molecule has 11 heteroatoms. The Bertz CT molecular complexity index is 1290. The van der Waals surface area contributed by atoms with Gasteiger partial charge >= 0.3 is 6.18 Å². The number of benzene rings is 2. The second kappa shape index (κ2) is 8.79. The number of halogens is 4. The van der Waals surface area contributed by atoms with Crippen LogP contribution in [0.1, 0.15) is 11.1 Å². The van der Waals surface area contributed by atoms with Gasteiger partial charge in [-0.05, 0) is 37.3 Å². The number of carbonyl (C=O) groups excluding carboxylic acids is 1. The minimum Gasteiger partial charge on any atom is -0.324 e. The average Bonchev–Trinajstić information content (AvgIpc) is 3.18. The van der Waals surface area contributed by atoms with E-state index in [0.717, 1.165) is 41.2 Å². The number of aryl methyl sites for hydroxylation is 1. The Balaban J connectivity index is 1.50. The first kappa shape index (κ1) is 22.1. The van der Waals surface area contributed by atoms with E-state index in [9.17, 15) is 18.0 Å². The van der Waals surface area contributed by atoms with Gasteiger partial charge in [-0.2, -0.15) is 18.3 Å². The van der Waals surface area contributed by atoms with Gasteiger partial charge in [0.15, 0.2) is 5.65 Å². The lowest BCUT2D eigenvalue weighted by Gasteiger charge is -2.11. The average molecular weight is 478 g/mol. The van der Waals surface area contributed by atoms with Gasteiger partial charge in [0.2, 0.25) is 5.91 Å². The maximum absolute atomic E-state index is 12.9. The zero-order valence-corrected chi connectivity index (χ0v) is 18.1. The monoisotopic (exact) mass is 477 g/mol. The Labute approximate surface area is 189 Å². The number of thioether (sulfide) groups is 1. The molecule has 0 bridgehead atoms. The molecule has 2 aromatic heterocycles. The smallest absolute Gasteiger partial charge is 0.324 e. The minimum absolute atomic E-state index is 0.0140. The zero-order valence-electron chi connectivity index (χ0n) is 16.5. The Morgan fingerprint density at radius 2 is 1.91 bits per heavy atom. The molecule has 1 amide bonds. The molecule has 2 heterocycles. The molecule has 4 aromatic rings. The van der Waals surface area contributed by atoms with Crippen molar-refractivity contribution in [1.82, 2.24) is 19.7 Å². The van der Waals surface area contributed by atoms with Crippen LogP contribution in [0.3, 0.4) is 0 Å². The van der Waals surface area contributed by atoms with Crippen molar-refractivity contribution in [3.63, 3.8) is 0 Å². The van der Waals surface area contributed by atoms with Crippen LogP contribution in [-0.4, -0.2) is 31.4 Å². The third-order valence-electron chi connectivity index (χ3n) is 4.52. The number of nitrogens with zero attached hydrogens (tertiary/aromatic N) is 4. The highest BCUT2D eigenvalue weighted by molar-refractivity contribution is 8.00. The number of carbonyl (C=O) groups is 1. The fraction of sp³-hybridized carbons (Fsp3) is 0.143. The molecule has 0 spiro atoms. The van der Waals surface area contributed by atoms with Crippen molar-refractivity contribution in [3.05, 3.63) is 71.1 Å². The second-order valence-electron chi connectivity index (χ2n) is 6.84. The van der Waals surface area contributed by atoms with Gasteiger partial charge in [0.05, 0.1) is 39.3 Å². The van der Waals surface area contributed by atoms with E-state index in [2.05, 4.69) is 20.4 Å². The number of rotatable bonds is 5. The Hall–Kier alpha value is -3.11. The summed E-state index contributed by atoms with van der Waals surface area (Å²) in [5.74, 6) is -0.608. The van der Waals surface area contributed by atoms with Gasteiger partial charge in [-0.3, -0.25) is 4.79 Å². The predicted octanol–water partition coefficient (Wildman–Crippen LogP) is 5.53. The van der Waals surface area contributed by atoms with Crippen molar-refractivity contribution >= 4 is 46.0 Å². The Morgan fingerprint density at radius 3 is 2.62 bits per heavy atom. The van der Waals surface area contributed by atoms with Crippen LogP contribution >= 0.6 is 23.4 Å². The SMILES string of the molecule is Cc1ccc(-n2ncc3c(SCC(=O)Nc4cc(C(F)(F)F)ccc4Cl)ncnc32)cc1. The summed E-state index contributed by atoms with van der Waals surface area (Å²) >= 11 is 7.06. The first-order valence-electron chi connectivity index (χ1n) is 9.27. The lowest BCUT2D eigenvalue weighted by Crippen LogP contribution is -2.15. The Morgan fingerprint density at radius 1 is 1.16 bits per heavy atom. The van der Waals surface area contributed by atoms with E-state index in [1.165, 1.54) is 6.33 Å². The third-order valence-corrected chi connectivity index (χ3v) is 5.85. The number of nitrogens with one attached hydrogen (secondary N) is 1. The molecule has 1 N–H and O–H groups in total. The number of hydrogen-bond acceptors (Lipinski definition) is 5. The molecule has 0 aliphatic rings. The van der Waals surface area contributed by atoms with Crippen LogP contribution in [-0.2, 0) is 11.0 Å². The molecule has 0 aliphatic heterocycles. The summed E-state index contributed by atoms with van der Waals surface area (Å²) in [5.41, 5.74) is 1.52. The zero-order chi connectivity index (χ0) is 22.9. The molecule has 4 rings (SSSR count). The van der Waals surface area contributed by atoms with E-state index < -0.39 is 17.6 Å². The first-order chi connectivity index (χ1) is 15.2. The maximum Gasteiger partial charge on any atom is 0.416 e. The van der Waals surface area contributed by atoms with Gasteiger partial charge in [0, 0.05) is 0 Å². The van der Waals surface area contributed by atoms with Crippen LogP contribution < -0.4 is 5.32 Å². The highest BCUT2D eigenvalue weighted by Gasteiger charge is 2.31. The lowest BCUT2D eigenvalue weighted by atomic mass is 10.2. The maximum atomic E-state index is 12.9. The largest absolute Gasteiger partial charge is 0.416 e. The van der Waals surface area contributed by atoms with Crippen LogP contribution in [0.4, 0.5) is 18.9 Å². The van der Waals surface area contributed by atoms with Gasteiger partial charge in [-0.1, -0.05) is 41.1 Å². The molecule has 0 radical (unpaired) electrons. The van der Waals surface area contributed by atoms with Crippen molar-refractivity contribution in [2.45, 2.75) is 18.1 Å². The number of anilines is 1. The van der Waals surface area contributed by atoms with E-state index in [0.29, 0.717) is 16.1 Å². The topological polar surface area (TPSA) is 72.7 Å². The minimum atomic E-state index is -4.54.